The molecule has 3 aromatic rings. The standard InChI is InChI=1S/C31H35N5O5.C2HF3O2/c1-20(34-28(37)18-29(38)35-24-10-7-22(8-11-24)31(32)33)23-9-12-27(26(17-23)21-5-3-2-4-6-21)41-25-13-15-36(16-14-25)19-30(39)40;3-2(4,5)1(6)7/h2-12,17,20,25H,13-16,18-19H2,1H3,(H3,32,33)(H,34,37)(H,35,38)(H,39,40);(H,6,7). The summed E-state index contributed by atoms with van der Waals surface area (Å²) in [6, 6.07) is 21.8. The number of halogens is 3. The van der Waals surface area contributed by atoms with Crippen LogP contribution in [0.1, 0.15) is 43.4 Å². The summed E-state index contributed by atoms with van der Waals surface area (Å²) in [7, 11) is 0. The number of carbonyl (C=O) groups excluding carboxylic acids is 2. The molecule has 15 heteroatoms. The van der Waals surface area contributed by atoms with Gasteiger partial charge in [-0.15, -0.1) is 0 Å². The number of carboxylic acid groups (broad SMARTS) is 2. The highest BCUT2D eigenvalue weighted by Gasteiger charge is 2.38. The van der Waals surface area contributed by atoms with Crippen molar-refractivity contribution in [3.63, 3.8) is 0 Å². The number of likely N-dealkylation sites (tertiary alicyclic amines) is 1. The molecular weight excluding hydrogens is 635 g/mol. The van der Waals surface area contributed by atoms with Crippen LogP contribution < -0.4 is 21.1 Å². The quantitative estimate of drug-likeness (QED) is 0.0973. The lowest BCUT2D eigenvalue weighted by Gasteiger charge is -2.31. The van der Waals surface area contributed by atoms with E-state index in [1.54, 1.807) is 24.3 Å². The van der Waals surface area contributed by atoms with Crippen LogP contribution in [0.4, 0.5) is 18.9 Å². The van der Waals surface area contributed by atoms with E-state index >= 15 is 0 Å². The molecule has 0 bridgehead atoms. The number of nitrogens with two attached hydrogens (primary N) is 1. The topological polar surface area (TPSA) is 195 Å². The number of nitrogens with one attached hydrogen (secondary N) is 3. The second kappa shape index (κ2) is 16.9. The summed E-state index contributed by atoms with van der Waals surface area (Å²) in [5, 5.41) is 29.2. The lowest BCUT2D eigenvalue weighted by molar-refractivity contribution is -0.192. The van der Waals surface area contributed by atoms with E-state index in [4.69, 9.17) is 30.9 Å². The minimum atomic E-state index is -5.08. The Kier molecular flexibility index (Phi) is 13.1. The van der Waals surface area contributed by atoms with Gasteiger partial charge in [-0.1, -0.05) is 36.4 Å². The van der Waals surface area contributed by atoms with E-state index in [1.165, 1.54) is 0 Å². The van der Waals surface area contributed by atoms with Gasteiger partial charge < -0.3 is 31.3 Å². The van der Waals surface area contributed by atoms with Crippen LogP contribution in [0.25, 0.3) is 11.1 Å². The van der Waals surface area contributed by atoms with Crippen LogP contribution in [0, 0.1) is 5.41 Å². The molecule has 12 nitrogen and oxygen atoms in total. The average molecular weight is 672 g/mol. The number of benzene rings is 3. The third-order valence-corrected chi connectivity index (χ3v) is 7.20. The number of hydrogen-bond acceptors (Lipinski definition) is 7. The zero-order valence-electron chi connectivity index (χ0n) is 25.9. The summed E-state index contributed by atoms with van der Waals surface area (Å²) in [4.78, 5) is 46.9. The van der Waals surface area contributed by atoms with E-state index in [-0.39, 0.29) is 30.9 Å². The van der Waals surface area contributed by atoms with E-state index in [0.29, 0.717) is 24.3 Å². The normalized spacial score (nSPS) is 14.1. The number of aliphatic carboxylic acids is 2. The SMILES string of the molecule is CC(NC(=O)CC(=O)Nc1ccc(C(=N)N)cc1)c1ccc(OC2CCN(CC(=O)O)CC2)c(-c2ccccc2)c1.O=C(O)C(F)(F)F. The highest BCUT2D eigenvalue weighted by atomic mass is 19.4. The number of amidine groups is 1. The monoisotopic (exact) mass is 671 g/mol. The smallest absolute Gasteiger partial charge is 0.490 e. The fraction of sp³-hybridized carbons (Fsp3) is 0.303. The van der Waals surface area contributed by atoms with E-state index in [1.807, 2.05) is 60.4 Å². The molecule has 1 atom stereocenters. The Bertz CT molecular complexity index is 1590. The van der Waals surface area contributed by atoms with Gasteiger partial charge in [0.15, 0.2) is 0 Å². The number of piperidine rings is 1. The van der Waals surface area contributed by atoms with Crippen molar-refractivity contribution in [1.29, 1.82) is 5.41 Å². The molecule has 1 unspecified atom stereocenters. The van der Waals surface area contributed by atoms with Crippen molar-refractivity contribution in [2.75, 3.05) is 25.0 Å². The number of rotatable bonds is 11. The van der Waals surface area contributed by atoms with Gasteiger partial charge in [0.2, 0.25) is 11.8 Å². The minimum absolute atomic E-state index is 0.0253. The van der Waals surface area contributed by atoms with E-state index in [0.717, 1.165) is 35.3 Å². The van der Waals surface area contributed by atoms with Gasteiger partial charge in [0.25, 0.3) is 0 Å². The Morgan fingerprint density at radius 3 is 2.12 bits per heavy atom. The van der Waals surface area contributed by atoms with Gasteiger partial charge in [0, 0.05) is 29.9 Å². The highest BCUT2D eigenvalue weighted by Crippen LogP contribution is 2.34. The number of carboxylic acids is 2. The Hall–Kier alpha value is -5.44. The molecule has 1 aliphatic rings. The number of nitrogen functional groups attached to an aromatic ring is 1. The predicted octanol–water partition coefficient (Wildman–Crippen LogP) is 4.40. The van der Waals surface area contributed by atoms with Gasteiger partial charge in [0.05, 0.1) is 12.6 Å². The van der Waals surface area contributed by atoms with Gasteiger partial charge in [-0.05, 0) is 67.3 Å². The fourth-order valence-electron chi connectivity index (χ4n) is 4.78. The molecule has 7 N–H and O–H groups in total. The summed E-state index contributed by atoms with van der Waals surface area (Å²) in [6.45, 7) is 3.22. The first-order chi connectivity index (χ1) is 22.6. The van der Waals surface area contributed by atoms with Crippen LogP contribution in [0.5, 0.6) is 5.75 Å². The van der Waals surface area contributed by atoms with Crippen LogP contribution in [-0.2, 0) is 19.2 Å². The van der Waals surface area contributed by atoms with E-state index in [9.17, 15) is 27.6 Å². The number of anilines is 1. The van der Waals surface area contributed by atoms with Crippen LogP contribution >= 0.6 is 0 Å². The molecule has 1 saturated heterocycles. The summed E-state index contributed by atoms with van der Waals surface area (Å²) in [6.07, 6.45) is -3.98. The van der Waals surface area contributed by atoms with Gasteiger partial charge in [-0.25, -0.2) is 4.79 Å². The molecule has 1 fully saturated rings. The molecule has 0 saturated carbocycles. The molecule has 256 valence electrons. The van der Waals surface area contributed by atoms with Crippen molar-refractivity contribution < 1.29 is 47.3 Å². The molecule has 0 aliphatic carbocycles. The predicted molar refractivity (Wildman–Crippen MR) is 171 cm³/mol. The van der Waals surface area contributed by atoms with Crippen molar-refractivity contribution in [3.05, 3.63) is 83.9 Å². The first-order valence-electron chi connectivity index (χ1n) is 14.8. The molecule has 0 radical (unpaired) electrons. The van der Waals surface area contributed by atoms with Gasteiger partial charge in [0.1, 0.15) is 24.1 Å². The zero-order valence-corrected chi connectivity index (χ0v) is 25.9. The van der Waals surface area contributed by atoms with Crippen LogP contribution in [-0.4, -0.2) is 76.6 Å². The largest absolute Gasteiger partial charge is 0.490 e. The van der Waals surface area contributed by atoms with E-state index < -0.39 is 29.9 Å². The van der Waals surface area contributed by atoms with Gasteiger partial charge in [-0.3, -0.25) is 24.7 Å². The lowest BCUT2D eigenvalue weighted by Crippen LogP contribution is -2.40. The summed E-state index contributed by atoms with van der Waals surface area (Å²) >= 11 is 0. The second-order valence-corrected chi connectivity index (χ2v) is 10.9. The maximum absolute atomic E-state index is 12.7. The van der Waals surface area contributed by atoms with E-state index in [2.05, 4.69) is 10.6 Å². The van der Waals surface area contributed by atoms with Crippen LogP contribution in [0.3, 0.4) is 0 Å². The Morgan fingerprint density at radius 1 is 0.979 bits per heavy atom. The molecule has 0 spiro atoms. The molecular formula is C33H36F3N5O7. The third-order valence-electron chi connectivity index (χ3n) is 7.20. The number of ether oxygens (including phenoxy) is 1. The Morgan fingerprint density at radius 2 is 1.58 bits per heavy atom. The zero-order chi connectivity index (χ0) is 35.4. The summed E-state index contributed by atoms with van der Waals surface area (Å²) in [5.74, 6) is -3.78. The number of alkyl halides is 3. The highest BCUT2D eigenvalue weighted by molar-refractivity contribution is 6.04. The third kappa shape index (κ3) is 11.7. The lowest BCUT2D eigenvalue weighted by atomic mass is 9.98. The molecule has 4 rings (SSSR count). The second-order valence-electron chi connectivity index (χ2n) is 10.9. The fourth-order valence-corrected chi connectivity index (χ4v) is 4.78. The van der Waals surface area contributed by atoms with Gasteiger partial charge >= 0.3 is 18.1 Å². The first kappa shape index (κ1) is 37.0. The number of hydrogen-bond donors (Lipinski definition) is 6. The number of nitrogens with zero attached hydrogens (tertiary/aromatic N) is 1. The molecule has 1 heterocycles. The van der Waals surface area contributed by atoms with Crippen LogP contribution in [0.2, 0.25) is 0 Å². The number of amides is 2. The number of carbonyl (C=O) groups is 4. The maximum atomic E-state index is 12.7. The first-order valence-corrected chi connectivity index (χ1v) is 14.8. The molecule has 1 aliphatic heterocycles. The Labute approximate surface area is 274 Å². The molecule has 48 heavy (non-hydrogen) atoms. The molecule has 0 aromatic heterocycles. The van der Waals surface area contributed by atoms with Crippen molar-refractivity contribution >= 4 is 35.3 Å². The molecule has 3 aromatic carbocycles. The van der Waals surface area contributed by atoms with Crippen LogP contribution in [0.15, 0.2) is 72.8 Å². The Balaban J connectivity index is 0.000000804. The van der Waals surface area contributed by atoms with Crippen molar-refractivity contribution in [3.8, 4) is 16.9 Å². The van der Waals surface area contributed by atoms with Crippen molar-refractivity contribution in [2.24, 2.45) is 5.73 Å². The van der Waals surface area contributed by atoms with Crippen molar-refractivity contribution in [2.45, 2.75) is 44.5 Å². The van der Waals surface area contributed by atoms with Crippen molar-refractivity contribution in [1.82, 2.24) is 10.2 Å². The average Bonchev–Trinajstić information content (AvgIpc) is 3.02. The minimum Gasteiger partial charge on any atom is -0.490 e. The summed E-state index contributed by atoms with van der Waals surface area (Å²) in [5.41, 5.74) is 9.24. The van der Waals surface area contributed by atoms with Gasteiger partial charge in [-0.2, -0.15) is 13.2 Å². The maximum Gasteiger partial charge on any atom is 0.490 e. The summed E-state index contributed by atoms with van der Waals surface area (Å²) < 4.78 is 38.1. The molecule has 2 amide bonds.